The van der Waals surface area contributed by atoms with Crippen LogP contribution in [0.25, 0.3) is 0 Å². The number of ether oxygens (including phenoxy) is 1. The maximum atomic E-state index is 12.8. The van der Waals surface area contributed by atoms with Gasteiger partial charge in [0.15, 0.2) is 5.78 Å². The maximum absolute atomic E-state index is 12.8. The molecule has 2 nitrogen and oxygen atoms in total. The van der Waals surface area contributed by atoms with Gasteiger partial charge in [-0.3, -0.25) is 4.79 Å². The fraction of sp³-hybridized carbons (Fsp3) is 0.562. The van der Waals surface area contributed by atoms with Crippen molar-refractivity contribution in [1.29, 1.82) is 0 Å². The van der Waals surface area contributed by atoms with Crippen molar-refractivity contribution < 1.29 is 9.53 Å². The molecule has 3 heteroatoms. The first-order valence-electron chi connectivity index (χ1n) is 6.81. The first-order chi connectivity index (χ1) is 8.93. The summed E-state index contributed by atoms with van der Waals surface area (Å²) in [5.41, 5.74) is 4.24. The summed E-state index contributed by atoms with van der Waals surface area (Å²) < 4.78 is 6.50. The van der Waals surface area contributed by atoms with E-state index >= 15 is 0 Å². The average Bonchev–Trinajstić information content (AvgIpc) is 2.36. The van der Waals surface area contributed by atoms with Crippen LogP contribution in [0, 0.1) is 32.6 Å². The summed E-state index contributed by atoms with van der Waals surface area (Å²) >= 11 is 3.59. The van der Waals surface area contributed by atoms with Crippen molar-refractivity contribution in [2.24, 2.45) is 11.8 Å². The first kappa shape index (κ1) is 14.7. The van der Waals surface area contributed by atoms with Crippen molar-refractivity contribution in [3.8, 4) is 0 Å². The summed E-state index contributed by atoms with van der Waals surface area (Å²) in [6.07, 6.45) is 0.838. The Balaban J connectivity index is 2.41. The topological polar surface area (TPSA) is 26.3 Å². The average molecular weight is 325 g/mol. The second-order valence-corrected chi connectivity index (χ2v) is 6.43. The fourth-order valence-corrected chi connectivity index (χ4v) is 3.31. The van der Waals surface area contributed by atoms with E-state index in [1.807, 2.05) is 13.8 Å². The zero-order chi connectivity index (χ0) is 14.2. The molecular formula is C16H21BrO2. The molecule has 0 spiro atoms. The van der Waals surface area contributed by atoms with Crippen molar-refractivity contribution >= 4 is 21.7 Å². The summed E-state index contributed by atoms with van der Waals surface area (Å²) in [5, 5.41) is 0. The van der Waals surface area contributed by atoms with Crippen molar-refractivity contribution in [3.05, 3.63) is 32.8 Å². The van der Waals surface area contributed by atoms with E-state index in [1.54, 1.807) is 0 Å². The van der Waals surface area contributed by atoms with Crippen molar-refractivity contribution in [1.82, 2.24) is 0 Å². The largest absolute Gasteiger partial charge is 0.381 e. The van der Waals surface area contributed by atoms with Gasteiger partial charge in [0.1, 0.15) is 0 Å². The highest BCUT2D eigenvalue weighted by Crippen LogP contribution is 2.32. The molecule has 1 aliphatic heterocycles. The molecule has 1 aromatic rings. The number of carbonyl (C=O) groups is 1. The van der Waals surface area contributed by atoms with Crippen LogP contribution >= 0.6 is 15.9 Å². The van der Waals surface area contributed by atoms with E-state index in [2.05, 4.69) is 35.8 Å². The van der Waals surface area contributed by atoms with Gasteiger partial charge in [-0.2, -0.15) is 0 Å². The van der Waals surface area contributed by atoms with E-state index in [0.717, 1.165) is 27.6 Å². The number of carbonyl (C=O) groups excluding carboxylic acids is 1. The molecule has 2 atom stereocenters. The van der Waals surface area contributed by atoms with Gasteiger partial charge in [-0.25, -0.2) is 0 Å². The van der Waals surface area contributed by atoms with Crippen LogP contribution < -0.4 is 0 Å². The quantitative estimate of drug-likeness (QED) is 0.761. The third-order valence-electron chi connectivity index (χ3n) is 4.10. The molecule has 1 fully saturated rings. The van der Waals surface area contributed by atoms with Gasteiger partial charge in [0.25, 0.3) is 0 Å². The molecule has 0 amide bonds. The summed E-state index contributed by atoms with van der Waals surface area (Å²) in [6.45, 7) is 9.63. The Morgan fingerprint density at radius 1 is 1.32 bits per heavy atom. The zero-order valence-electron chi connectivity index (χ0n) is 12.0. The highest BCUT2D eigenvalue weighted by Gasteiger charge is 2.31. The Labute approximate surface area is 123 Å². The van der Waals surface area contributed by atoms with Crippen LogP contribution in [-0.4, -0.2) is 19.0 Å². The molecule has 2 unspecified atom stereocenters. The number of hydrogen-bond donors (Lipinski definition) is 0. The lowest BCUT2D eigenvalue weighted by Crippen LogP contribution is -2.32. The number of halogens is 1. The molecular weight excluding hydrogens is 304 g/mol. The molecule has 1 aromatic carbocycles. The minimum atomic E-state index is 0.0979. The Morgan fingerprint density at radius 2 is 2.00 bits per heavy atom. The fourth-order valence-electron chi connectivity index (χ4n) is 3.00. The highest BCUT2D eigenvalue weighted by molar-refractivity contribution is 9.10. The second kappa shape index (κ2) is 5.76. The van der Waals surface area contributed by atoms with E-state index in [4.69, 9.17) is 4.74 Å². The number of Topliss-reactive ketones (excluding diaryl/α,β-unsaturated/α-hetero) is 1. The van der Waals surface area contributed by atoms with Crippen LogP contribution in [0.4, 0.5) is 0 Å². The van der Waals surface area contributed by atoms with E-state index < -0.39 is 0 Å². The van der Waals surface area contributed by atoms with Crippen molar-refractivity contribution in [3.63, 3.8) is 0 Å². The van der Waals surface area contributed by atoms with Crippen molar-refractivity contribution in [2.75, 3.05) is 13.2 Å². The van der Waals surface area contributed by atoms with Crippen LogP contribution in [0.15, 0.2) is 10.5 Å². The number of aryl methyl sites for hydroxylation is 2. The first-order valence-corrected chi connectivity index (χ1v) is 7.61. The van der Waals surface area contributed by atoms with E-state index in [1.165, 1.54) is 5.56 Å². The number of hydrogen-bond acceptors (Lipinski definition) is 2. The van der Waals surface area contributed by atoms with Gasteiger partial charge >= 0.3 is 0 Å². The smallest absolute Gasteiger partial charge is 0.166 e. The molecule has 19 heavy (non-hydrogen) atoms. The third kappa shape index (κ3) is 2.77. The molecule has 0 aromatic heterocycles. The van der Waals surface area contributed by atoms with Gasteiger partial charge in [-0.1, -0.05) is 28.9 Å². The lowest BCUT2D eigenvalue weighted by Gasteiger charge is -2.29. The van der Waals surface area contributed by atoms with Gasteiger partial charge in [0, 0.05) is 29.2 Å². The number of rotatable bonds is 2. The molecule has 0 radical (unpaired) electrons. The zero-order valence-corrected chi connectivity index (χ0v) is 13.6. The molecule has 0 saturated carbocycles. The maximum Gasteiger partial charge on any atom is 0.166 e. The standard InChI is InChI=1S/C16H21BrO2/c1-9-7-10(2)15(17)12(4)14(9)16(18)13-5-6-19-8-11(13)3/h7,11,13H,5-6,8H2,1-4H3. The lowest BCUT2D eigenvalue weighted by molar-refractivity contribution is 0.0240. The highest BCUT2D eigenvalue weighted by atomic mass is 79.9. The van der Waals surface area contributed by atoms with Gasteiger partial charge in [-0.05, 0) is 49.8 Å². The molecule has 2 rings (SSSR count). The third-order valence-corrected chi connectivity index (χ3v) is 5.32. The molecule has 0 N–H and O–H groups in total. The van der Waals surface area contributed by atoms with Gasteiger partial charge in [0.05, 0.1) is 0 Å². The van der Waals surface area contributed by atoms with Gasteiger partial charge in [-0.15, -0.1) is 0 Å². The Kier molecular flexibility index (Phi) is 4.46. The Morgan fingerprint density at radius 3 is 2.63 bits per heavy atom. The summed E-state index contributed by atoms with van der Waals surface area (Å²) in [5.74, 6) is 0.687. The molecule has 1 aliphatic rings. The second-order valence-electron chi connectivity index (χ2n) is 5.64. The van der Waals surface area contributed by atoms with Crippen LogP contribution in [0.3, 0.4) is 0 Å². The summed E-state index contributed by atoms with van der Waals surface area (Å²) in [6, 6.07) is 2.09. The predicted octanol–water partition coefficient (Wildman–Crippen LogP) is 4.23. The van der Waals surface area contributed by atoms with E-state index in [9.17, 15) is 4.79 Å². The van der Waals surface area contributed by atoms with Crippen molar-refractivity contribution in [2.45, 2.75) is 34.1 Å². The normalized spacial score (nSPS) is 23.4. The Hall–Kier alpha value is -0.670. The molecule has 104 valence electrons. The van der Waals surface area contributed by atoms with Crippen LogP contribution in [0.5, 0.6) is 0 Å². The summed E-state index contributed by atoms with van der Waals surface area (Å²) in [7, 11) is 0. The predicted molar refractivity (Wildman–Crippen MR) is 80.8 cm³/mol. The van der Waals surface area contributed by atoms with Gasteiger partial charge < -0.3 is 4.74 Å². The Bertz CT molecular complexity index is 508. The van der Waals surface area contributed by atoms with Gasteiger partial charge in [0.2, 0.25) is 0 Å². The summed E-state index contributed by atoms with van der Waals surface area (Å²) in [4.78, 5) is 12.8. The monoisotopic (exact) mass is 324 g/mol. The van der Waals surface area contributed by atoms with Crippen LogP contribution in [0.2, 0.25) is 0 Å². The molecule has 1 heterocycles. The molecule has 1 saturated heterocycles. The van der Waals surface area contributed by atoms with Crippen LogP contribution in [-0.2, 0) is 4.74 Å². The lowest BCUT2D eigenvalue weighted by atomic mass is 9.81. The van der Waals surface area contributed by atoms with E-state index in [0.29, 0.717) is 19.1 Å². The minimum absolute atomic E-state index is 0.0979. The van der Waals surface area contributed by atoms with E-state index in [-0.39, 0.29) is 11.7 Å². The SMILES string of the molecule is Cc1cc(C)c(C(=O)C2CCOCC2C)c(C)c1Br. The molecule has 0 bridgehead atoms. The number of ketones is 1. The van der Waals surface area contributed by atoms with Crippen LogP contribution in [0.1, 0.15) is 40.4 Å². The minimum Gasteiger partial charge on any atom is -0.381 e. The molecule has 0 aliphatic carbocycles. The number of benzene rings is 1.